The molecule has 1 heterocycles. The number of rotatable bonds is 5. The van der Waals surface area contributed by atoms with Crippen LogP contribution >= 0.6 is 0 Å². The number of benzene rings is 6. The molecular weight excluding hydrogens is 496 g/mol. The van der Waals surface area contributed by atoms with Crippen LogP contribution in [0.2, 0.25) is 0 Å². The van der Waals surface area contributed by atoms with Gasteiger partial charge in [-0.15, -0.1) is 0 Å². The summed E-state index contributed by atoms with van der Waals surface area (Å²) in [6.45, 7) is 6.23. The smallest absolute Gasteiger partial charge is 0.143 e. The van der Waals surface area contributed by atoms with Crippen LogP contribution in [0.1, 0.15) is 22.3 Å². The number of furan rings is 1. The van der Waals surface area contributed by atoms with E-state index in [1.165, 1.54) is 27.5 Å². The van der Waals surface area contributed by atoms with Crippen LogP contribution in [0.15, 0.2) is 157 Å². The van der Waals surface area contributed by atoms with Gasteiger partial charge in [0.15, 0.2) is 0 Å². The van der Waals surface area contributed by atoms with Gasteiger partial charge < -0.3 is 4.42 Å². The van der Waals surface area contributed by atoms with Crippen molar-refractivity contribution >= 4 is 27.8 Å². The third-order valence-corrected chi connectivity index (χ3v) is 7.50. The standard InChI is InChI=1S/C27H20O.C13H12/c1-3-21-24-15-9-14-23(19-10-5-4-6-11-19)26(24)28-27(21)25-18(2)16-17-20-12-7-8-13-22(20)25;1-3-7-12(8-4-1)11-13-9-5-2-6-10-13/h3-17H,1H2,2H3;1-10H,11H2. The minimum Gasteiger partial charge on any atom is -0.455 e. The Hall–Kier alpha value is -5.14. The third kappa shape index (κ3) is 5.48. The first-order valence-corrected chi connectivity index (χ1v) is 14.0. The maximum absolute atomic E-state index is 6.58. The van der Waals surface area contributed by atoms with E-state index in [0.717, 1.165) is 45.4 Å². The summed E-state index contributed by atoms with van der Waals surface area (Å²) in [6, 6.07) is 50.6. The molecule has 0 aliphatic heterocycles. The summed E-state index contributed by atoms with van der Waals surface area (Å²) in [4.78, 5) is 0. The fraction of sp³-hybridized carbons (Fsp3) is 0.0500. The van der Waals surface area contributed by atoms with Crippen molar-refractivity contribution in [2.75, 3.05) is 0 Å². The molecule has 1 aromatic heterocycles. The fourth-order valence-corrected chi connectivity index (χ4v) is 5.48. The second kappa shape index (κ2) is 11.9. The van der Waals surface area contributed by atoms with Crippen LogP contribution in [-0.4, -0.2) is 0 Å². The van der Waals surface area contributed by atoms with Gasteiger partial charge in [-0.05, 0) is 46.4 Å². The molecular formula is C40H32O. The van der Waals surface area contributed by atoms with Crippen LogP contribution in [0, 0.1) is 6.92 Å². The van der Waals surface area contributed by atoms with E-state index in [1.54, 1.807) is 0 Å². The fourth-order valence-electron chi connectivity index (χ4n) is 5.48. The molecule has 0 saturated heterocycles. The van der Waals surface area contributed by atoms with E-state index < -0.39 is 0 Å². The SMILES string of the molecule is C=Cc1c(-c2c(C)ccc3ccccc23)oc2c(-c3ccccc3)cccc12.c1ccc(Cc2ccccc2)cc1. The lowest BCUT2D eigenvalue weighted by Crippen LogP contribution is -1.86. The van der Waals surface area contributed by atoms with Crippen molar-refractivity contribution < 1.29 is 4.42 Å². The molecule has 0 radical (unpaired) electrons. The average Bonchev–Trinajstić information content (AvgIpc) is 3.41. The van der Waals surface area contributed by atoms with Gasteiger partial charge >= 0.3 is 0 Å². The monoisotopic (exact) mass is 528 g/mol. The van der Waals surface area contributed by atoms with Crippen LogP contribution in [0.5, 0.6) is 0 Å². The Morgan fingerprint density at radius 1 is 0.585 bits per heavy atom. The molecule has 0 bridgehead atoms. The van der Waals surface area contributed by atoms with Gasteiger partial charge in [0.1, 0.15) is 11.3 Å². The lowest BCUT2D eigenvalue weighted by atomic mass is 9.95. The van der Waals surface area contributed by atoms with E-state index in [2.05, 4.69) is 153 Å². The predicted molar refractivity (Wildman–Crippen MR) is 175 cm³/mol. The number of fused-ring (bicyclic) bond motifs is 2. The van der Waals surface area contributed by atoms with Crippen LogP contribution in [0.4, 0.5) is 0 Å². The lowest BCUT2D eigenvalue weighted by molar-refractivity contribution is 0.632. The van der Waals surface area contributed by atoms with Gasteiger partial charge in [0.2, 0.25) is 0 Å². The maximum atomic E-state index is 6.58. The van der Waals surface area contributed by atoms with E-state index >= 15 is 0 Å². The Bertz CT molecular complexity index is 1880. The molecule has 0 saturated carbocycles. The molecule has 0 amide bonds. The van der Waals surface area contributed by atoms with Gasteiger partial charge in [0.05, 0.1) is 0 Å². The minimum absolute atomic E-state index is 0.891. The minimum atomic E-state index is 0.891. The van der Waals surface area contributed by atoms with Gasteiger partial charge in [0.25, 0.3) is 0 Å². The Balaban J connectivity index is 0.000000195. The number of hydrogen-bond acceptors (Lipinski definition) is 1. The van der Waals surface area contributed by atoms with E-state index in [-0.39, 0.29) is 0 Å². The summed E-state index contributed by atoms with van der Waals surface area (Å²) in [5, 5.41) is 3.51. The molecule has 6 aromatic carbocycles. The maximum Gasteiger partial charge on any atom is 0.143 e. The molecule has 198 valence electrons. The summed E-state index contributed by atoms with van der Waals surface area (Å²) in [7, 11) is 0. The number of para-hydroxylation sites is 1. The summed E-state index contributed by atoms with van der Waals surface area (Å²) < 4.78 is 6.58. The Kier molecular flexibility index (Phi) is 7.60. The van der Waals surface area contributed by atoms with Crippen molar-refractivity contribution in [1.82, 2.24) is 0 Å². The van der Waals surface area contributed by atoms with Crippen molar-refractivity contribution in [2.24, 2.45) is 0 Å². The molecule has 0 spiro atoms. The highest BCUT2D eigenvalue weighted by Gasteiger charge is 2.19. The highest BCUT2D eigenvalue weighted by molar-refractivity contribution is 6.06. The lowest BCUT2D eigenvalue weighted by Gasteiger charge is -2.09. The van der Waals surface area contributed by atoms with E-state index in [9.17, 15) is 0 Å². The van der Waals surface area contributed by atoms with Gasteiger partial charge in [-0.2, -0.15) is 0 Å². The van der Waals surface area contributed by atoms with Gasteiger partial charge in [-0.3, -0.25) is 0 Å². The number of aryl methyl sites for hydroxylation is 1. The first-order valence-electron chi connectivity index (χ1n) is 14.0. The summed E-state index contributed by atoms with van der Waals surface area (Å²) >= 11 is 0. The molecule has 0 fully saturated rings. The molecule has 0 aliphatic carbocycles. The third-order valence-electron chi connectivity index (χ3n) is 7.50. The van der Waals surface area contributed by atoms with Crippen molar-refractivity contribution in [3.05, 3.63) is 174 Å². The van der Waals surface area contributed by atoms with Gasteiger partial charge in [-0.25, -0.2) is 0 Å². The average molecular weight is 529 g/mol. The highest BCUT2D eigenvalue weighted by Crippen LogP contribution is 2.42. The zero-order chi connectivity index (χ0) is 28.0. The highest BCUT2D eigenvalue weighted by atomic mass is 16.3. The first-order chi connectivity index (χ1) is 20.2. The Morgan fingerprint density at radius 2 is 1.17 bits per heavy atom. The molecule has 0 N–H and O–H groups in total. The summed E-state index contributed by atoms with van der Waals surface area (Å²) in [5.41, 5.74) is 9.29. The van der Waals surface area contributed by atoms with Crippen molar-refractivity contribution in [3.63, 3.8) is 0 Å². The molecule has 1 heteroatoms. The van der Waals surface area contributed by atoms with Crippen molar-refractivity contribution in [3.8, 4) is 22.5 Å². The summed E-state index contributed by atoms with van der Waals surface area (Å²) in [5.74, 6) is 0.891. The Morgan fingerprint density at radius 3 is 1.83 bits per heavy atom. The topological polar surface area (TPSA) is 13.1 Å². The molecule has 1 nitrogen and oxygen atoms in total. The molecule has 0 unspecified atom stereocenters. The second-order valence-corrected chi connectivity index (χ2v) is 10.2. The molecule has 0 aliphatic rings. The first kappa shape index (κ1) is 26.1. The Labute approximate surface area is 242 Å². The van der Waals surface area contributed by atoms with E-state index in [1.807, 2.05) is 12.1 Å². The van der Waals surface area contributed by atoms with Crippen LogP contribution < -0.4 is 0 Å². The zero-order valence-corrected chi connectivity index (χ0v) is 23.3. The normalized spacial score (nSPS) is 10.8. The number of hydrogen-bond donors (Lipinski definition) is 0. The van der Waals surface area contributed by atoms with E-state index in [0.29, 0.717) is 0 Å². The van der Waals surface area contributed by atoms with Gasteiger partial charge in [0, 0.05) is 22.1 Å². The van der Waals surface area contributed by atoms with Crippen LogP contribution in [0.25, 0.3) is 50.3 Å². The predicted octanol–water partition coefficient (Wildman–Crippen LogP) is 11.1. The van der Waals surface area contributed by atoms with E-state index in [4.69, 9.17) is 4.42 Å². The summed E-state index contributed by atoms with van der Waals surface area (Å²) in [6.07, 6.45) is 2.94. The van der Waals surface area contributed by atoms with Crippen molar-refractivity contribution in [1.29, 1.82) is 0 Å². The molecule has 41 heavy (non-hydrogen) atoms. The largest absolute Gasteiger partial charge is 0.455 e. The molecule has 7 aromatic rings. The van der Waals surface area contributed by atoms with Crippen LogP contribution in [0.3, 0.4) is 0 Å². The molecule has 7 rings (SSSR count). The van der Waals surface area contributed by atoms with Gasteiger partial charge in [-0.1, -0.05) is 158 Å². The molecule has 0 atom stereocenters. The zero-order valence-electron chi connectivity index (χ0n) is 23.3. The second-order valence-electron chi connectivity index (χ2n) is 10.2. The quantitative estimate of drug-likeness (QED) is 0.216. The van der Waals surface area contributed by atoms with Crippen LogP contribution in [-0.2, 0) is 6.42 Å². The van der Waals surface area contributed by atoms with Crippen molar-refractivity contribution in [2.45, 2.75) is 13.3 Å².